The minimum Gasteiger partial charge on any atom is -0.421 e. The van der Waals surface area contributed by atoms with E-state index in [0.29, 0.717) is 24.1 Å². The van der Waals surface area contributed by atoms with Crippen LogP contribution in [0.5, 0.6) is 0 Å². The topological polar surface area (TPSA) is 62.3 Å². The summed E-state index contributed by atoms with van der Waals surface area (Å²) in [5.74, 6) is 1.08. The van der Waals surface area contributed by atoms with E-state index in [1.54, 1.807) is 7.11 Å². The molecule has 0 radical (unpaired) electrons. The first-order valence-electron chi connectivity index (χ1n) is 5.49. The van der Waals surface area contributed by atoms with Crippen molar-refractivity contribution in [1.29, 1.82) is 5.26 Å². The lowest BCUT2D eigenvalue weighted by atomic mass is 10.1. The predicted molar refractivity (Wildman–Crippen MR) is 58.0 cm³/mol. The first kappa shape index (κ1) is 11.0. The van der Waals surface area contributed by atoms with Gasteiger partial charge in [0.1, 0.15) is 12.7 Å². The third-order valence-corrected chi connectivity index (χ3v) is 2.67. The third kappa shape index (κ3) is 2.17. The lowest BCUT2D eigenvalue weighted by Crippen LogP contribution is -2.29. The zero-order valence-electron chi connectivity index (χ0n) is 9.40. The molecule has 86 valence electrons. The molecule has 5 heteroatoms. The van der Waals surface area contributed by atoms with Gasteiger partial charge < -0.3 is 14.1 Å². The molecule has 1 fully saturated rings. The molecule has 0 aromatic carbocycles. The van der Waals surface area contributed by atoms with E-state index in [9.17, 15) is 0 Å². The summed E-state index contributed by atoms with van der Waals surface area (Å²) in [6, 6.07) is 2.07. The minimum absolute atomic E-state index is 0.308. The van der Waals surface area contributed by atoms with Gasteiger partial charge in [-0.15, -0.1) is 0 Å². The van der Waals surface area contributed by atoms with Crippen LogP contribution in [0.25, 0.3) is 0 Å². The number of nitrogens with zero attached hydrogens (tertiary/aromatic N) is 3. The molecule has 1 aromatic rings. The summed E-state index contributed by atoms with van der Waals surface area (Å²) in [5, 5.41) is 8.99. The molecular formula is C11H15N3O2. The number of rotatable bonds is 3. The molecule has 1 aromatic heterocycles. The first-order valence-corrected chi connectivity index (χ1v) is 5.49. The molecule has 0 aliphatic carbocycles. The Morgan fingerprint density at radius 3 is 2.81 bits per heavy atom. The maximum absolute atomic E-state index is 8.99. The molecule has 16 heavy (non-hydrogen) atoms. The van der Waals surface area contributed by atoms with Gasteiger partial charge in [0.25, 0.3) is 0 Å². The van der Waals surface area contributed by atoms with E-state index in [-0.39, 0.29) is 0 Å². The molecule has 5 nitrogen and oxygen atoms in total. The van der Waals surface area contributed by atoms with Crippen molar-refractivity contribution in [3.63, 3.8) is 0 Å². The van der Waals surface area contributed by atoms with Gasteiger partial charge >= 0.3 is 0 Å². The monoisotopic (exact) mass is 221 g/mol. The van der Waals surface area contributed by atoms with Gasteiger partial charge in [-0.3, -0.25) is 0 Å². The van der Waals surface area contributed by atoms with Gasteiger partial charge in [0.15, 0.2) is 0 Å². The van der Waals surface area contributed by atoms with Crippen molar-refractivity contribution in [3.8, 4) is 6.07 Å². The molecular weight excluding hydrogens is 206 g/mol. The summed E-state index contributed by atoms with van der Waals surface area (Å²) in [4.78, 5) is 6.19. The normalized spacial score (nSPS) is 16.1. The number of oxazole rings is 1. The van der Waals surface area contributed by atoms with E-state index in [1.807, 2.05) is 0 Å². The number of hydrogen-bond acceptors (Lipinski definition) is 5. The van der Waals surface area contributed by atoms with E-state index in [1.165, 1.54) is 6.42 Å². The smallest absolute Gasteiger partial charge is 0.234 e. The van der Waals surface area contributed by atoms with Crippen LogP contribution in [0.15, 0.2) is 4.42 Å². The summed E-state index contributed by atoms with van der Waals surface area (Å²) in [6.07, 6.45) is 3.54. The second kappa shape index (κ2) is 4.99. The standard InChI is InChI=1S/C11H15N3O2/c1-15-8-10-13-9(7-12)11(16-10)14-5-3-2-4-6-14/h2-6,8H2,1H3. The molecule has 2 rings (SSSR count). The number of anilines is 1. The Morgan fingerprint density at radius 2 is 2.19 bits per heavy atom. The summed E-state index contributed by atoms with van der Waals surface area (Å²) in [5.41, 5.74) is 0.369. The van der Waals surface area contributed by atoms with Crippen molar-refractivity contribution in [2.24, 2.45) is 0 Å². The number of nitriles is 1. The van der Waals surface area contributed by atoms with Crippen molar-refractivity contribution >= 4 is 5.88 Å². The summed E-state index contributed by atoms with van der Waals surface area (Å²) < 4.78 is 10.5. The highest BCUT2D eigenvalue weighted by Crippen LogP contribution is 2.25. The zero-order chi connectivity index (χ0) is 11.4. The minimum atomic E-state index is 0.308. The van der Waals surface area contributed by atoms with Crippen LogP contribution in [0, 0.1) is 11.3 Å². The highest BCUT2D eigenvalue weighted by Gasteiger charge is 2.20. The Bertz CT molecular complexity index is 388. The van der Waals surface area contributed by atoms with E-state index in [2.05, 4.69) is 16.0 Å². The van der Waals surface area contributed by atoms with E-state index < -0.39 is 0 Å². The maximum Gasteiger partial charge on any atom is 0.234 e. The summed E-state index contributed by atoms with van der Waals surface area (Å²) in [7, 11) is 1.58. The van der Waals surface area contributed by atoms with Crippen LogP contribution in [-0.4, -0.2) is 25.2 Å². The molecule has 0 N–H and O–H groups in total. The Labute approximate surface area is 94.6 Å². The molecule has 1 aliphatic rings. The van der Waals surface area contributed by atoms with Crippen LogP contribution in [0.4, 0.5) is 5.88 Å². The molecule has 0 amide bonds. The Hall–Kier alpha value is -1.54. The summed E-state index contributed by atoms with van der Waals surface area (Å²) >= 11 is 0. The van der Waals surface area contributed by atoms with Gasteiger partial charge in [-0.25, -0.2) is 0 Å². The van der Waals surface area contributed by atoms with E-state index >= 15 is 0 Å². The zero-order valence-corrected chi connectivity index (χ0v) is 9.40. The van der Waals surface area contributed by atoms with Gasteiger partial charge in [0.2, 0.25) is 17.5 Å². The predicted octanol–water partition coefficient (Wildman–Crippen LogP) is 1.68. The molecule has 0 bridgehead atoms. The van der Waals surface area contributed by atoms with Crippen molar-refractivity contribution in [1.82, 2.24) is 4.98 Å². The highest BCUT2D eigenvalue weighted by molar-refractivity contribution is 5.48. The molecule has 1 aliphatic heterocycles. The first-order chi connectivity index (χ1) is 7.85. The number of aromatic nitrogens is 1. The average molecular weight is 221 g/mol. The fraction of sp³-hybridized carbons (Fsp3) is 0.636. The molecule has 2 heterocycles. The van der Waals surface area contributed by atoms with Crippen molar-refractivity contribution < 1.29 is 9.15 Å². The largest absolute Gasteiger partial charge is 0.421 e. The van der Waals surface area contributed by atoms with E-state index in [0.717, 1.165) is 25.9 Å². The van der Waals surface area contributed by atoms with Crippen LogP contribution < -0.4 is 4.90 Å². The van der Waals surface area contributed by atoms with Crippen molar-refractivity contribution in [2.75, 3.05) is 25.1 Å². The second-order valence-corrected chi connectivity index (χ2v) is 3.85. The average Bonchev–Trinajstić information content (AvgIpc) is 2.74. The van der Waals surface area contributed by atoms with Crippen molar-refractivity contribution in [3.05, 3.63) is 11.6 Å². The fourth-order valence-electron chi connectivity index (χ4n) is 1.92. The third-order valence-electron chi connectivity index (χ3n) is 2.67. The van der Waals surface area contributed by atoms with Gasteiger partial charge in [0.05, 0.1) is 0 Å². The molecule has 0 unspecified atom stereocenters. The Kier molecular flexibility index (Phi) is 3.42. The molecule has 0 atom stereocenters. The van der Waals surface area contributed by atoms with Crippen molar-refractivity contribution in [2.45, 2.75) is 25.9 Å². The Balaban J connectivity index is 2.20. The highest BCUT2D eigenvalue weighted by atomic mass is 16.5. The van der Waals surface area contributed by atoms with Crippen LogP contribution in [0.3, 0.4) is 0 Å². The van der Waals surface area contributed by atoms with Crippen LogP contribution in [-0.2, 0) is 11.3 Å². The maximum atomic E-state index is 8.99. The quantitative estimate of drug-likeness (QED) is 0.777. The lowest BCUT2D eigenvalue weighted by Gasteiger charge is -2.25. The molecule has 1 saturated heterocycles. The number of ether oxygens (including phenoxy) is 1. The number of hydrogen-bond donors (Lipinski definition) is 0. The molecule has 0 saturated carbocycles. The second-order valence-electron chi connectivity index (χ2n) is 3.85. The van der Waals surface area contributed by atoms with E-state index in [4.69, 9.17) is 14.4 Å². The fourth-order valence-corrected chi connectivity index (χ4v) is 1.92. The number of piperidine rings is 1. The van der Waals surface area contributed by atoms with Crippen LogP contribution in [0.2, 0.25) is 0 Å². The Morgan fingerprint density at radius 1 is 1.44 bits per heavy atom. The number of methoxy groups -OCH3 is 1. The van der Waals surface area contributed by atoms with Gasteiger partial charge in [-0.1, -0.05) is 0 Å². The summed E-state index contributed by atoms with van der Waals surface area (Å²) in [6.45, 7) is 2.19. The van der Waals surface area contributed by atoms with Crippen LogP contribution >= 0.6 is 0 Å². The van der Waals surface area contributed by atoms with Gasteiger partial charge in [0, 0.05) is 20.2 Å². The van der Waals surface area contributed by atoms with Gasteiger partial charge in [-0.2, -0.15) is 10.2 Å². The SMILES string of the molecule is COCc1nc(C#N)c(N2CCCCC2)o1. The molecule has 0 spiro atoms. The van der Waals surface area contributed by atoms with Crippen LogP contribution in [0.1, 0.15) is 30.8 Å². The van der Waals surface area contributed by atoms with Gasteiger partial charge in [-0.05, 0) is 19.3 Å². The lowest BCUT2D eigenvalue weighted by molar-refractivity contribution is 0.160.